The van der Waals surface area contributed by atoms with Gasteiger partial charge in [-0.3, -0.25) is 0 Å². The van der Waals surface area contributed by atoms with E-state index >= 15 is 0 Å². The van der Waals surface area contributed by atoms with Crippen LogP contribution in [0.4, 0.5) is 0 Å². The third-order valence-electron chi connectivity index (χ3n) is 2.58. The first kappa shape index (κ1) is 9.97. The summed E-state index contributed by atoms with van der Waals surface area (Å²) in [4.78, 5) is 0. The summed E-state index contributed by atoms with van der Waals surface area (Å²) in [5.74, 6) is 0. The van der Waals surface area contributed by atoms with Crippen LogP contribution in [0.15, 0.2) is 18.2 Å². The van der Waals surface area contributed by atoms with Crippen molar-refractivity contribution in [2.75, 3.05) is 13.2 Å². The van der Waals surface area contributed by atoms with Crippen LogP contribution in [-0.2, 0) is 11.2 Å². The van der Waals surface area contributed by atoms with Gasteiger partial charge in [-0.25, -0.2) is 0 Å². The van der Waals surface area contributed by atoms with E-state index in [0.29, 0.717) is 6.54 Å². The summed E-state index contributed by atoms with van der Waals surface area (Å²) in [5.41, 5.74) is 8.00. The van der Waals surface area contributed by atoms with Crippen LogP contribution in [0.1, 0.15) is 23.7 Å². The van der Waals surface area contributed by atoms with Crippen molar-refractivity contribution < 1.29 is 4.74 Å². The van der Waals surface area contributed by atoms with Gasteiger partial charge in [0.25, 0.3) is 0 Å². The molecule has 2 N–H and O–H groups in total. The van der Waals surface area contributed by atoms with E-state index in [-0.39, 0.29) is 6.10 Å². The lowest BCUT2D eigenvalue weighted by molar-refractivity contribution is 0.0383. The Kier molecular flexibility index (Phi) is 3.06. The minimum Gasteiger partial charge on any atom is -0.373 e. The minimum atomic E-state index is 0.0949. The van der Waals surface area contributed by atoms with Crippen molar-refractivity contribution in [1.82, 2.24) is 0 Å². The van der Waals surface area contributed by atoms with Crippen LogP contribution in [0, 0.1) is 0 Å². The Balaban J connectivity index is 2.36. The Hall–Kier alpha value is -0.570. The van der Waals surface area contributed by atoms with E-state index in [9.17, 15) is 0 Å². The van der Waals surface area contributed by atoms with Gasteiger partial charge in [0, 0.05) is 10.6 Å². The highest BCUT2D eigenvalue weighted by Crippen LogP contribution is 2.34. The van der Waals surface area contributed by atoms with Gasteiger partial charge >= 0.3 is 0 Å². The molecule has 76 valence electrons. The number of benzene rings is 1. The summed E-state index contributed by atoms with van der Waals surface area (Å²) in [5, 5.41) is 0.806. The average Bonchev–Trinajstić information content (AvgIpc) is 2.19. The highest BCUT2D eigenvalue weighted by molar-refractivity contribution is 6.31. The maximum absolute atomic E-state index is 6.15. The molecule has 1 aliphatic heterocycles. The molecule has 0 radical (unpaired) electrons. The first-order valence-electron chi connectivity index (χ1n) is 4.92. The Morgan fingerprint density at radius 3 is 3.14 bits per heavy atom. The van der Waals surface area contributed by atoms with E-state index in [2.05, 4.69) is 6.07 Å². The molecule has 1 aromatic rings. The van der Waals surface area contributed by atoms with E-state index < -0.39 is 0 Å². The van der Waals surface area contributed by atoms with Gasteiger partial charge in [0.2, 0.25) is 0 Å². The highest BCUT2D eigenvalue weighted by atomic mass is 35.5. The molecular formula is C11H14ClNO. The molecule has 0 bridgehead atoms. The molecule has 2 rings (SSSR count). The Labute approximate surface area is 89.0 Å². The van der Waals surface area contributed by atoms with Crippen molar-refractivity contribution in [2.45, 2.75) is 18.9 Å². The molecule has 0 spiro atoms. The molecule has 0 unspecified atom stereocenters. The quantitative estimate of drug-likeness (QED) is 0.815. The van der Waals surface area contributed by atoms with Gasteiger partial charge in [-0.2, -0.15) is 0 Å². The van der Waals surface area contributed by atoms with Crippen molar-refractivity contribution in [1.29, 1.82) is 0 Å². The topological polar surface area (TPSA) is 35.2 Å². The van der Waals surface area contributed by atoms with Crippen LogP contribution < -0.4 is 5.73 Å². The van der Waals surface area contributed by atoms with Crippen molar-refractivity contribution in [3.05, 3.63) is 34.3 Å². The molecule has 1 aliphatic rings. The van der Waals surface area contributed by atoms with E-state index in [4.69, 9.17) is 22.1 Å². The van der Waals surface area contributed by atoms with Crippen LogP contribution in [-0.4, -0.2) is 13.2 Å². The van der Waals surface area contributed by atoms with Crippen molar-refractivity contribution in [2.24, 2.45) is 5.73 Å². The van der Waals surface area contributed by atoms with Crippen LogP contribution in [0.25, 0.3) is 0 Å². The van der Waals surface area contributed by atoms with E-state index in [1.54, 1.807) is 0 Å². The highest BCUT2D eigenvalue weighted by Gasteiger charge is 2.22. The van der Waals surface area contributed by atoms with Gasteiger partial charge in [-0.15, -0.1) is 0 Å². The summed E-state index contributed by atoms with van der Waals surface area (Å²) >= 11 is 6.15. The molecule has 0 amide bonds. The lowest BCUT2D eigenvalue weighted by Gasteiger charge is -2.26. The second kappa shape index (κ2) is 4.30. The van der Waals surface area contributed by atoms with Crippen LogP contribution >= 0.6 is 11.6 Å². The summed E-state index contributed by atoms with van der Waals surface area (Å²) in [7, 11) is 0. The number of hydrogen-bond acceptors (Lipinski definition) is 2. The zero-order valence-electron chi connectivity index (χ0n) is 8.00. The number of nitrogens with two attached hydrogens (primary N) is 1. The maximum atomic E-state index is 6.15. The van der Waals surface area contributed by atoms with E-state index in [1.807, 2.05) is 12.1 Å². The first-order chi connectivity index (χ1) is 6.83. The molecule has 1 heterocycles. The number of rotatable bonds is 2. The predicted molar refractivity (Wildman–Crippen MR) is 57.5 cm³/mol. The van der Waals surface area contributed by atoms with Crippen molar-refractivity contribution in [3.63, 3.8) is 0 Å². The van der Waals surface area contributed by atoms with Crippen LogP contribution in [0.5, 0.6) is 0 Å². The number of halogens is 1. The van der Waals surface area contributed by atoms with Gasteiger partial charge in [-0.1, -0.05) is 23.7 Å². The van der Waals surface area contributed by atoms with E-state index in [1.165, 1.54) is 5.56 Å². The van der Waals surface area contributed by atoms with Crippen LogP contribution in [0.2, 0.25) is 5.02 Å². The SMILES string of the molecule is NCC[C@H]1OCCc2cccc(Cl)c21. The standard InChI is InChI=1S/C11H14ClNO/c12-9-3-1-2-8-5-7-14-10(4-6-13)11(8)9/h1-3,10H,4-7,13H2/t10-/m1/s1. The van der Waals surface area contributed by atoms with Crippen molar-refractivity contribution in [3.8, 4) is 0 Å². The molecule has 0 aliphatic carbocycles. The molecule has 2 nitrogen and oxygen atoms in total. The maximum Gasteiger partial charge on any atom is 0.0854 e. The van der Waals surface area contributed by atoms with Gasteiger partial charge < -0.3 is 10.5 Å². The Morgan fingerprint density at radius 2 is 2.36 bits per heavy atom. The lowest BCUT2D eigenvalue weighted by Crippen LogP contribution is -2.19. The fourth-order valence-corrected chi connectivity index (χ4v) is 2.25. The summed E-state index contributed by atoms with van der Waals surface area (Å²) in [6, 6.07) is 6.03. The number of hydrogen-bond donors (Lipinski definition) is 1. The summed E-state index contributed by atoms with van der Waals surface area (Å²) in [6.07, 6.45) is 1.89. The molecule has 0 saturated carbocycles. The third kappa shape index (κ3) is 1.78. The molecular weight excluding hydrogens is 198 g/mol. The normalized spacial score (nSPS) is 20.6. The lowest BCUT2D eigenvalue weighted by atomic mass is 9.96. The van der Waals surface area contributed by atoms with Crippen LogP contribution in [0.3, 0.4) is 0 Å². The molecule has 0 fully saturated rings. The fourth-order valence-electron chi connectivity index (χ4n) is 1.93. The predicted octanol–water partition coefficient (Wildman–Crippen LogP) is 2.30. The van der Waals surface area contributed by atoms with Gasteiger partial charge in [0.15, 0.2) is 0 Å². The fraction of sp³-hybridized carbons (Fsp3) is 0.455. The molecule has 3 heteroatoms. The smallest absolute Gasteiger partial charge is 0.0854 e. The molecule has 14 heavy (non-hydrogen) atoms. The number of fused-ring (bicyclic) bond motifs is 1. The molecule has 1 aromatic carbocycles. The number of ether oxygens (including phenoxy) is 1. The van der Waals surface area contributed by atoms with Crippen molar-refractivity contribution >= 4 is 11.6 Å². The zero-order chi connectivity index (χ0) is 9.97. The third-order valence-corrected chi connectivity index (χ3v) is 2.91. The molecule has 1 atom stereocenters. The summed E-state index contributed by atoms with van der Waals surface area (Å²) in [6.45, 7) is 1.41. The minimum absolute atomic E-state index is 0.0949. The summed E-state index contributed by atoms with van der Waals surface area (Å²) < 4.78 is 5.66. The monoisotopic (exact) mass is 211 g/mol. The largest absolute Gasteiger partial charge is 0.373 e. The average molecular weight is 212 g/mol. The Morgan fingerprint density at radius 1 is 1.50 bits per heavy atom. The molecule has 0 saturated heterocycles. The first-order valence-corrected chi connectivity index (χ1v) is 5.29. The van der Waals surface area contributed by atoms with Gasteiger partial charge in [0.05, 0.1) is 12.7 Å². The Bertz CT molecular complexity index is 327. The molecule has 0 aromatic heterocycles. The second-order valence-electron chi connectivity index (χ2n) is 3.50. The van der Waals surface area contributed by atoms with Gasteiger partial charge in [0.1, 0.15) is 0 Å². The van der Waals surface area contributed by atoms with E-state index in [0.717, 1.165) is 30.0 Å². The second-order valence-corrected chi connectivity index (χ2v) is 3.91. The zero-order valence-corrected chi connectivity index (χ0v) is 8.76. The van der Waals surface area contributed by atoms with Gasteiger partial charge in [-0.05, 0) is 31.0 Å².